The van der Waals surface area contributed by atoms with Crippen molar-refractivity contribution >= 4 is 17.1 Å². The summed E-state index contributed by atoms with van der Waals surface area (Å²) in [5, 5.41) is 11.2. The van der Waals surface area contributed by atoms with Gasteiger partial charge in [-0.3, -0.25) is 0 Å². The van der Waals surface area contributed by atoms with E-state index in [1.165, 1.54) is 0 Å². The number of ether oxygens (including phenoxy) is 2. The van der Waals surface area contributed by atoms with Crippen LogP contribution in [-0.4, -0.2) is 71.6 Å². The summed E-state index contributed by atoms with van der Waals surface area (Å²) in [6.07, 6.45) is 1.73. The van der Waals surface area contributed by atoms with Crippen molar-refractivity contribution in [1.82, 2.24) is 4.90 Å². The Kier molecular flexibility index (Phi) is 7.56. The molecular formula is C21H41NO6Si2. The number of hydrogen-bond donors (Lipinski definition) is 1. The van der Waals surface area contributed by atoms with Gasteiger partial charge in [0.05, 0.1) is 13.2 Å². The molecule has 4 atom stereocenters. The van der Waals surface area contributed by atoms with Gasteiger partial charge in [-0.25, -0.2) is 0 Å². The Balaban J connectivity index is 2.00. The molecule has 0 radical (unpaired) electrons. The zero-order chi connectivity index (χ0) is 22.3. The summed E-state index contributed by atoms with van der Waals surface area (Å²) in [5.74, 6) is 0. The molecular weight excluding hydrogens is 418 g/mol. The Labute approximate surface area is 184 Å². The minimum absolute atomic E-state index is 0.216. The quantitative estimate of drug-likeness (QED) is 0.627. The van der Waals surface area contributed by atoms with Crippen molar-refractivity contribution in [1.29, 1.82) is 0 Å². The predicted octanol–water partition coefficient (Wildman–Crippen LogP) is 3.83. The maximum Gasteiger partial charge on any atom is 0.335 e. The van der Waals surface area contributed by atoms with Gasteiger partial charge >= 0.3 is 17.1 Å². The Morgan fingerprint density at radius 3 is 2.03 bits per heavy atom. The van der Waals surface area contributed by atoms with Gasteiger partial charge in [0.2, 0.25) is 0 Å². The van der Waals surface area contributed by atoms with E-state index in [9.17, 15) is 5.11 Å². The van der Waals surface area contributed by atoms with E-state index in [4.69, 9.17) is 22.4 Å². The standard InChI is InChI=1S/C21H41NO6Si2/c1-14(2)29(15(3)4)25-12-18-20(27-30(28-29,16(5)6)17(7)8)19(23)21(26-18)22-10-9-11-24-13-22/h9-10,14-21,23H,11-13H2,1-8H3/t18-,19-,20-,21-/m1/s1. The molecule has 0 aromatic rings. The van der Waals surface area contributed by atoms with Crippen molar-refractivity contribution in [2.24, 2.45) is 0 Å². The van der Waals surface area contributed by atoms with Crippen LogP contribution in [0.2, 0.25) is 22.2 Å². The van der Waals surface area contributed by atoms with Crippen LogP contribution in [0.25, 0.3) is 0 Å². The molecule has 0 aromatic carbocycles. The fraction of sp³-hybridized carbons (Fsp3) is 0.905. The van der Waals surface area contributed by atoms with Crippen molar-refractivity contribution < 1.29 is 27.5 Å². The van der Waals surface area contributed by atoms with Crippen LogP contribution in [0.1, 0.15) is 55.4 Å². The maximum absolute atomic E-state index is 11.2. The molecule has 0 spiro atoms. The molecule has 30 heavy (non-hydrogen) atoms. The smallest absolute Gasteiger partial charge is 0.335 e. The monoisotopic (exact) mass is 459 g/mol. The summed E-state index contributed by atoms with van der Waals surface area (Å²) in [6.45, 7) is 18.9. The highest BCUT2D eigenvalue weighted by Gasteiger charge is 2.61. The molecule has 0 amide bonds. The zero-order valence-corrected chi connectivity index (χ0v) is 21.8. The third kappa shape index (κ3) is 4.20. The maximum atomic E-state index is 11.2. The molecule has 0 saturated carbocycles. The highest BCUT2D eigenvalue weighted by atomic mass is 28.5. The highest BCUT2D eigenvalue weighted by Crippen LogP contribution is 2.47. The lowest BCUT2D eigenvalue weighted by Crippen LogP contribution is -2.65. The van der Waals surface area contributed by atoms with E-state index >= 15 is 0 Å². The lowest BCUT2D eigenvalue weighted by molar-refractivity contribution is -0.115. The Bertz CT molecular complexity index is 598. The van der Waals surface area contributed by atoms with E-state index in [2.05, 4.69) is 55.4 Å². The first-order chi connectivity index (χ1) is 14.0. The van der Waals surface area contributed by atoms with E-state index in [0.29, 0.717) is 19.9 Å². The minimum atomic E-state index is -2.76. The number of aliphatic hydroxyl groups is 1. The van der Waals surface area contributed by atoms with Crippen LogP contribution in [0.15, 0.2) is 12.3 Å². The number of hydrogen-bond acceptors (Lipinski definition) is 7. The lowest BCUT2D eigenvalue weighted by atomic mass is 10.1. The van der Waals surface area contributed by atoms with Gasteiger partial charge in [-0.15, -0.1) is 0 Å². The van der Waals surface area contributed by atoms with Crippen LogP contribution in [0, 0.1) is 0 Å². The molecule has 9 heteroatoms. The van der Waals surface area contributed by atoms with Crippen LogP contribution in [-0.2, 0) is 22.4 Å². The molecule has 174 valence electrons. The van der Waals surface area contributed by atoms with Crippen molar-refractivity contribution in [3.63, 3.8) is 0 Å². The normalized spacial score (nSPS) is 34.0. The highest BCUT2D eigenvalue weighted by molar-refractivity contribution is 6.83. The Hall–Kier alpha value is -0.266. The molecule has 0 bridgehead atoms. The largest absolute Gasteiger partial charge is 0.414 e. The van der Waals surface area contributed by atoms with Gasteiger partial charge in [-0.05, 0) is 28.2 Å². The van der Waals surface area contributed by atoms with E-state index < -0.39 is 35.6 Å². The predicted molar refractivity (Wildman–Crippen MR) is 120 cm³/mol. The number of nitrogens with zero attached hydrogens (tertiary/aromatic N) is 1. The first kappa shape index (κ1) is 24.4. The molecule has 0 aromatic heterocycles. The Morgan fingerprint density at radius 1 is 0.933 bits per heavy atom. The van der Waals surface area contributed by atoms with E-state index in [1.54, 1.807) is 0 Å². The van der Waals surface area contributed by atoms with Crippen LogP contribution in [0.5, 0.6) is 0 Å². The van der Waals surface area contributed by atoms with Crippen molar-refractivity contribution in [2.45, 2.75) is 102 Å². The van der Waals surface area contributed by atoms with Crippen molar-refractivity contribution in [2.75, 3.05) is 19.9 Å². The molecule has 3 rings (SSSR count). The van der Waals surface area contributed by atoms with Crippen LogP contribution in [0.4, 0.5) is 0 Å². The van der Waals surface area contributed by atoms with Gasteiger partial charge in [-0.2, -0.15) is 0 Å². The summed E-state index contributed by atoms with van der Waals surface area (Å²) in [6, 6.07) is 0. The number of rotatable bonds is 5. The second kappa shape index (κ2) is 9.31. The molecule has 0 aliphatic carbocycles. The summed E-state index contributed by atoms with van der Waals surface area (Å²) >= 11 is 0. The van der Waals surface area contributed by atoms with Gasteiger partial charge < -0.3 is 32.4 Å². The van der Waals surface area contributed by atoms with Crippen molar-refractivity contribution in [3.8, 4) is 0 Å². The topological polar surface area (TPSA) is 69.6 Å². The first-order valence-corrected chi connectivity index (χ1v) is 15.3. The number of aliphatic hydroxyl groups excluding tert-OH is 1. The van der Waals surface area contributed by atoms with Crippen molar-refractivity contribution in [3.05, 3.63) is 12.3 Å². The SMILES string of the molecule is CC(C)[Si]1(C(C)C)OC[C@H]2O[C@@H](N3C=CCOC3)[C@H](O)[C@@H]2O[Si](C(C)C)(C(C)C)O1. The average Bonchev–Trinajstić information content (AvgIpc) is 2.96. The van der Waals surface area contributed by atoms with E-state index in [0.717, 1.165) is 0 Å². The molecule has 1 N–H and O–H groups in total. The summed E-state index contributed by atoms with van der Waals surface area (Å²) < 4.78 is 32.7. The van der Waals surface area contributed by atoms with Gasteiger partial charge in [-0.1, -0.05) is 55.4 Å². The fourth-order valence-corrected chi connectivity index (χ4v) is 16.2. The third-order valence-corrected chi connectivity index (χ3v) is 17.0. The van der Waals surface area contributed by atoms with Gasteiger partial charge in [0.15, 0.2) is 6.23 Å². The van der Waals surface area contributed by atoms with Gasteiger partial charge in [0, 0.05) is 6.20 Å². The molecule has 0 unspecified atom stereocenters. The summed E-state index contributed by atoms with van der Waals surface area (Å²) in [7, 11) is -5.36. The second-order valence-corrected chi connectivity index (χ2v) is 18.9. The Morgan fingerprint density at radius 2 is 1.53 bits per heavy atom. The number of fused-ring (bicyclic) bond motifs is 1. The van der Waals surface area contributed by atoms with Crippen LogP contribution in [0.3, 0.4) is 0 Å². The van der Waals surface area contributed by atoms with Crippen LogP contribution < -0.4 is 0 Å². The summed E-state index contributed by atoms with van der Waals surface area (Å²) in [5.41, 5.74) is 0.993. The molecule has 2 fully saturated rings. The van der Waals surface area contributed by atoms with Gasteiger partial charge in [0.1, 0.15) is 25.0 Å². The van der Waals surface area contributed by atoms with Gasteiger partial charge in [0.25, 0.3) is 0 Å². The fourth-order valence-electron chi connectivity index (χ4n) is 5.02. The summed E-state index contributed by atoms with van der Waals surface area (Å²) in [4.78, 5) is 1.90. The van der Waals surface area contributed by atoms with E-state index in [-0.39, 0.29) is 28.3 Å². The molecule has 3 heterocycles. The van der Waals surface area contributed by atoms with Crippen LogP contribution >= 0.6 is 0 Å². The van der Waals surface area contributed by atoms with E-state index in [1.807, 2.05) is 17.2 Å². The average molecular weight is 460 g/mol. The molecule has 2 saturated heterocycles. The molecule has 3 aliphatic heterocycles. The third-order valence-electron chi connectivity index (χ3n) is 6.72. The first-order valence-electron chi connectivity index (χ1n) is 11.4. The molecule has 3 aliphatic rings. The molecule has 7 nitrogen and oxygen atoms in total. The minimum Gasteiger partial charge on any atom is -0.414 e. The lowest BCUT2D eigenvalue weighted by Gasteiger charge is -2.51. The zero-order valence-electron chi connectivity index (χ0n) is 19.8. The second-order valence-electron chi connectivity index (χ2n) is 10.0.